The quantitative estimate of drug-likeness (QED) is 0.0269. The summed E-state index contributed by atoms with van der Waals surface area (Å²) >= 11 is 0. The van der Waals surface area contributed by atoms with Crippen molar-refractivity contribution in [3.63, 3.8) is 0 Å². The predicted octanol–water partition coefficient (Wildman–Crippen LogP) is -10.5. The molecule has 0 aromatic heterocycles. The van der Waals surface area contributed by atoms with Crippen LogP contribution in [0.1, 0.15) is 113 Å². The molecule has 0 aliphatic rings. The summed E-state index contributed by atoms with van der Waals surface area (Å²) < 4.78 is 0. The molecular formula is C64H107N15O26. The van der Waals surface area contributed by atoms with E-state index < -0.39 is 249 Å². The van der Waals surface area contributed by atoms with Gasteiger partial charge in [0.15, 0.2) is 0 Å². The van der Waals surface area contributed by atoms with Gasteiger partial charge in [-0.25, -0.2) is 4.79 Å². The van der Waals surface area contributed by atoms with E-state index in [4.69, 9.17) is 16.6 Å². The van der Waals surface area contributed by atoms with E-state index in [1.807, 2.05) is 5.32 Å². The number of nitrogens with one attached hydrogen (secondary N) is 13. The molecule has 13 amide bonds. The fraction of sp³-hybridized carbons (Fsp3) is 0.672. The maximum atomic E-state index is 14.1. The topological polar surface area (TPSA) is 687 Å². The van der Waals surface area contributed by atoms with E-state index in [2.05, 4.69) is 63.8 Å². The molecule has 1 aromatic carbocycles. The number of aromatic hydroxyl groups is 1. The lowest BCUT2D eigenvalue weighted by atomic mass is 10.00. The number of aliphatic hydroxyl groups excluding tert-OH is 8. The van der Waals surface area contributed by atoms with Crippen molar-refractivity contribution in [1.82, 2.24) is 69.1 Å². The van der Waals surface area contributed by atoms with Crippen LogP contribution in [0.5, 0.6) is 5.75 Å². The molecule has 0 unspecified atom stereocenters. The summed E-state index contributed by atoms with van der Waals surface area (Å²) in [4.78, 5) is 200. The molecule has 105 heavy (non-hydrogen) atoms. The first kappa shape index (κ1) is 93.7. The van der Waals surface area contributed by atoms with Crippen LogP contribution in [0.4, 0.5) is 0 Å². The van der Waals surface area contributed by atoms with E-state index in [1.165, 1.54) is 24.3 Å². The van der Waals surface area contributed by atoms with Crippen LogP contribution in [-0.2, 0) is 78.3 Å². The Morgan fingerprint density at radius 3 is 0.895 bits per heavy atom. The van der Waals surface area contributed by atoms with Crippen LogP contribution in [0, 0.1) is 17.8 Å². The Labute approximate surface area is 605 Å². The van der Waals surface area contributed by atoms with Gasteiger partial charge in [-0.15, -0.1) is 0 Å². The van der Waals surface area contributed by atoms with Gasteiger partial charge in [-0.2, -0.15) is 0 Å². The third kappa shape index (κ3) is 33.5. The summed E-state index contributed by atoms with van der Waals surface area (Å²) in [6.07, 6.45) is -6.38. The van der Waals surface area contributed by atoms with Crippen LogP contribution >= 0.6 is 0 Å². The highest BCUT2D eigenvalue weighted by molar-refractivity contribution is 6.00. The lowest BCUT2D eigenvalue weighted by Gasteiger charge is -2.30. The lowest BCUT2D eigenvalue weighted by Crippen LogP contribution is -2.63. The minimum atomic E-state index is -2.03. The maximum Gasteiger partial charge on any atom is 0.326 e. The molecule has 594 valence electrons. The van der Waals surface area contributed by atoms with Gasteiger partial charge in [0.1, 0.15) is 84.3 Å². The van der Waals surface area contributed by atoms with Crippen LogP contribution in [0.2, 0.25) is 0 Å². The molecule has 41 nitrogen and oxygen atoms in total. The standard InChI is InChI=1S/C64H107N15O26/c1-28(2)18-38(68-57(97)43(24-81)75-54(94)41(21-34-13-15-35(88)16-14-34)71-63(103)50(33(9)87)78-59(99)45(26-83)72-51(91)36(66)22-47(89)90)52(92)74-44(25-82)58(98)76-46(27-84)60(100)79-49(32(8)86)62(102)70-40(20-30(5)6)55(95)77-48(31(7)85)61(101)69-39(19-29(3)4)53(93)73-42(23-80)56(96)67-37(64(104)105)12-10-11-17-65/h13-16,28-33,36-46,48-50,80-88H,10-12,17-27,65-66H2,1-9H3,(H,67,96)(H,68,97)(H,69,101)(H,70,102)(H,71,103)(H,72,91)(H,73,93)(H,74,92)(H,75,94)(H,76,98)(H,77,95)(H,78,99)(H,79,100)(H,89,90)(H,104,105)/t31-,32-,33-,36+,37+,38+,39+,40+,41+,42+,43+,44+,45+,46+,48+,49+,50+/m1/s1. The molecule has 0 saturated heterocycles. The number of rotatable bonds is 49. The van der Waals surface area contributed by atoms with Gasteiger partial charge in [-0.1, -0.05) is 53.7 Å². The number of hydrogen-bond acceptors (Lipinski definition) is 26. The number of carbonyl (C=O) groups is 15. The molecule has 28 N–H and O–H groups in total. The highest BCUT2D eigenvalue weighted by Crippen LogP contribution is 2.15. The monoisotopic (exact) mass is 1500 g/mol. The summed E-state index contributed by atoms with van der Waals surface area (Å²) in [6.45, 7) is 7.46. The zero-order chi connectivity index (χ0) is 80.3. The second-order valence-corrected chi connectivity index (χ2v) is 26.3. The van der Waals surface area contributed by atoms with Crippen molar-refractivity contribution in [3.8, 4) is 5.75 Å². The zero-order valence-corrected chi connectivity index (χ0v) is 60.0. The van der Waals surface area contributed by atoms with E-state index in [9.17, 15) is 123 Å². The Kier molecular flexibility index (Phi) is 42.1. The van der Waals surface area contributed by atoms with E-state index in [0.29, 0.717) is 12.8 Å². The fourth-order valence-electron chi connectivity index (χ4n) is 9.86. The number of hydrogen-bond donors (Lipinski definition) is 26. The normalized spacial score (nSPS) is 16.2. The van der Waals surface area contributed by atoms with Crippen molar-refractivity contribution in [1.29, 1.82) is 0 Å². The average molecular weight is 1500 g/mol. The number of benzene rings is 1. The van der Waals surface area contributed by atoms with Crippen LogP contribution in [-0.4, -0.2) is 287 Å². The highest BCUT2D eigenvalue weighted by Gasteiger charge is 2.40. The van der Waals surface area contributed by atoms with Gasteiger partial charge in [0, 0.05) is 6.42 Å². The van der Waals surface area contributed by atoms with Crippen molar-refractivity contribution in [3.05, 3.63) is 29.8 Å². The van der Waals surface area contributed by atoms with Crippen LogP contribution < -0.4 is 80.6 Å². The van der Waals surface area contributed by atoms with Crippen molar-refractivity contribution in [2.24, 2.45) is 29.2 Å². The molecule has 0 radical (unpaired) electrons. The van der Waals surface area contributed by atoms with Gasteiger partial charge >= 0.3 is 11.9 Å². The van der Waals surface area contributed by atoms with Gasteiger partial charge in [0.25, 0.3) is 0 Å². The molecule has 17 atom stereocenters. The van der Waals surface area contributed by atoms with Crippen molar-refractivity contribution < 1.29 is 128 Å². The molecule has 0 saturated carbocycles. The number of carboxylic acid groups (broad SMARTS) is 2. The number of nitrogens with two attached hydrogens (primary N) is 2. The first-order chi connectivity index (χ1) is 49.1. The number of carboxylic acids is 2. The zero-order valence-electron chi connectivity index (χ0n) is 60.0. The lowest BCUT2D eigenvalue weighted by molar-refractivity contribution is -0.143. The molecule has 0 bridgehead atoms. The third-order valence-corrected chi connectivity index (χ3v) is 15.6. The van der Waals surface area contributed by atoms with Gasteiger partial charge in [-0.3, -0.25) is 67.1 Å². The maximum absolute atomic E-state index is 14.1. The molecule has 0 spiro atoms. The van der Waals surface area contributed by atoms with E-state index in [1.54, 1.807) is 41.5 Å². The molecule has 0 aliphatic heterocycles. The summed E-state index contributed by atoms with van der Waals surface area (Å²) in [5, 5.41) is 141. The Bertz CT molecular complexity index is 3070. The SMILES string of the molecule is CC(C)C[C@H](NC(=O)[C@H](CO)NC(=O)[C@H](Cc1ccc(O)cc1)NC(=O)[C@@H](NC(=O)[C@H](CO)NC(=O)[C@@H](N)CC(=O)O)[C@@H](C)O)C(=O)N[C@@H](CO)C(=O)N[C@@H](CO)C(=O)N[C@H](C(=O)N[C@@H](CC(C)C)C(=O)N[C@H](C(=O)N[C@@H](CC(C)C)C(=O)N[C@@H](CO)C(=O)N[C@@H](CCCCN)C(=O)O)[C@@H](C)O)[C@@H](C)O. The summed E-state index contributed by atoms with van der Waals surface area (Å²) in [7, 11) is 0. The smallest absolute Gasteiger partial charge is 0.326 e. The summed E-state index contributed by atoms with van der Waals surface area (Å²) in [6, 6.07) is -19.8. The highest BCUT2D eigenvalue weighted by atomic mass is 16.4. The van der Waals surface area contributed by atoms with Crippen LogP contribution in [0.25, 0.3) is 0 Å². The first-order valence-electron chi connectivity index (χ1n) is 33.8. The molecule has 0 aliphatic carbocycles. The van der Waals surface area contributed by atoms with Gasteiger partial charge in [0.2, 0.25) is 76.8 Å². The molecule has 1 aromatic rings. The molecule has 41 heteroatoms. The van der Waals surface area contributed by atoms with Gasteiger partial charge in [-0.05, 0) is 101 Å². The van der Waals surface area contributed by atoms with E-state index in [-0.39, 0.29) is 49.5 Å². The molecule has 0 heterocycles. The Balaban J connectivity index is 3.39. The largest absolute Gasteiger partial charge is 0.508 e. The van der Waals surface area contributed by atoms with Crippen molar-refractivity contribution in [2.45, 2.75) is 217 Å². The third-order valence-electron chi connectivity index (χ3n) is 15.6. The van der Waals surface area contributed by atoms with E-state index in [0.717, 1.165) is 20.8 Å². The number of carbonyl (C=O) groups excluding carboxylic acids is 13. The first-order valence-corrected chi connectivity index (χ1v) is 33.8. The second kappa shape index (κ2) is 47.2. The second-order valence-electron chi connectivity index (χ2n) is 26.3. The van der Waals surface area contributed by atoms with Crippen LogP contribution in [0.3, 0.4) is 0 Å². The number of aliphatic hydroxyl groups is 8. The minimum Gasteiger partial charge on any atom is -0.508 e. The number of aliphatic carboxylic acids is 2. The predicted molar refractivity (Wildman–Crippen MR) is 367 cm³/mol. The minimum absolute atomic E-state index is 0.0190. The number of phenolic OH excluding ortho intramolecular Hbond substituents is 1. The average Bonchev–Trinajstić information content (AvgIpc) is 0.855. The van der Waals surface area contributed by atoms with Crippen molar-refractivity contribution in [2.75, 3.05) is 39.6 Å². The summed E-state index contributed by atoms with van der Waals surface area (Å²) in [5.74, 6) is -20.0. The number of unbranched alkanes of at least 4 members (excludes halogenated alkanes) is 1. The Hall–Kier alpha value is -9.33. The van der Waals surface area contributed by atoms with Crippen LogP contribution in [0.15, 0.2) is 24.3 Å². The van der Waals surface area contributed by atoms with Crippen molar-refractivity contribution >= 4 is 88.7 Å². The van der Waals surface area contributed by atoms with E-state index >= 15 is 0 Å². The van der Waals surface area contributed by atoms with Gasteiger partial charge in [0.05, 0.1) is 63.8 Å². The fourth-order valence-corrected chi connectivity index (χ4v) is 9.86. The number of amides is 13. The molecular weight excluding hydrogens is 1390 g/mol. The number of phenols is 1. The Morgan fingerprint density at radius 1 is 0.352 bits per heavy atom. The van der Waals surface area contributed by atoms with Gasteiger partial charge < -0.3 is 137 Å². The summed E-state index contributed by atoms with van der Waals surface area (Å²) in [5.41, 5.74) is 11.3. The Morgan fingerprint density at radius 2 is 0.610 bits per heavy atom. The molecule has 1 rings (SSSR count). The molecule has 0 fully saturated rings.